The minimum absolute atomic E-state index is 0.0145. The molecule has 1 aliphatic carbocycles. The molecule has 3 atom stereocenters. The standard InChI is InChI=1S/C29H20Cl2N10O5/c30-12-3-7-14(8-4-12)32-27(45)36-25-17-19(43)21(34-23(17)38-40-25)29(11-1-2-16(29)42)22-20(44)18-24(35-22)39-41-26(18)37-28(46)33-15-9-5-13(31)6-10-15/h3-10,17,22H,1-2,11H2,(H2,33,37,46)(H2,32,36,40,45)/t17-,22-,29+/m1/s1. The van der Waals surface area contributed by atoms with Crippen LogP contribution >= 0.6 is 23.2 Å². The number of halogens is 2. The van der Waals surface area contributed by atoms with Crippen molar-refractivity contribution in [2.24, 2.45) is 41.7 Å². The highest BCUT2D eigenvalue weighted by molar-refractivity contribution is 6.59. The summed E-state index contributed by atoms with van der Waals surface area (Å²) in [6.45, 7) is 0. The number of ketones is 3. The lowest BCUT2D eigenvalue weighted by Gasteiger charge is -2.30. The van der Waals surface area contributed by atoms with E-state index < -0.39 is 41.0 Å². The minimum atomic E-state index is -1.70. The molecule has 230 valence electrons. The molecule has 4 amide bonds. The van der Waals surface area contributed by atoms with E-state index in [-0.39, 0.29) is 53.2 Å². The second kappa shape index (κ2) is 11.2. The number of Topliss-reactive ketones (excluding diaryl/α,β-unsaturated/α-hetero) is 3. The summed E-state index contributed by atoms with van der Waals surface area (Å²) < 4.78 is 0. The van der Waals surface area contributed by atoms with Crippen molar-refractivity contribution in [2.75, 3.05) is 10.6 Å². The average Bonchev–Trinajstić information content (AvgIpc) is 3.83. The first kappa shape index (κ1) is 29.3. The van der Waals surface area contributed by atoms with Crippen LogP contribution in [-0.2, 0) is 14.4 Å². The number of hydrogen-bond acceptors (Lipinski definition) is 11. The Balaban J connectivity index is 1.11. The molecule has 0 unspecified atom stereocenters. The highest BCUT2D eigenvalue weighted by Crippen LogP contribution is 2.47. The van der Waals surface area contributed by atoms with Crippen LogP contribution in [0.15, 0.2) is 90.3 Å². The van der Waals surface area contributed by atoms with Crippen molar-refractivity contribution in [1.29, 1.82) is 0 Å². The first-order chi connectivity index (χ1) is 22.1. The van der Waals surface area contributed by atoms with E-state index in [1.54, 1.807) is 48.5 Å². The normalized spacial score (nSPS) is 24.3. The lowest BCUT2D eigenvalue weighted by molar-refractivity contribution is -0.128. The fraction of sp³-hybridized carbons (Fsp3) is 0.207. The van der Waals surface area contributed by atoms with E-state index >= 15 is 0 Å². The Morgan fingerprint density at radius 1 is 0.783 bits per heavy atom. The Hall–Kier alpha value is -5.41. The number of urea groups is 2. The first-order valence-electron chi connectivity index (χ1n) is 13.9. The van der Waals surface area contributed by atoms with Gasteiger partial charge in [0.05, 0.1) is 0 Å². The minimum Gasteiger partial charge on any atom is -0.308 e. The molecule has 2 aromatic carbocycles. The number of carbonyl (C=O) groups is 5. The van der Waals surface area contributed by atoms with Crippen LogP contribution in [0.2, 0.25) is 10.0 Å². The zero-order valence-electron chi connectivity index (χ0n) is 23.4. The lowest BCUT2D eigenvalue weighted by Crippen LogP contribution is -2.51. The predicted octanol–water partition coefficient (Wildman–Crippen LogP) is 4.07. The van der Waals surface area contributed by atoms with Gasteiger partial charge in [-0.05, 0) is 61.4 Å². The molecule has 0 radical (unpaired) electrons. The number of azo groups is 1. The smallest absolute Gasteiger partial charge is 0.308 e. The second-order valence-corrected chi connectivity index (χ2v) is 11.6. The van der Waals surface area contributed by atoms with Crippen molar-refractivity contribution in [3.05, 3.63) is 70.0 Å². The largest absolute Gasteiger partial charge is 0.324 e. The highest BCUT2D eigenvalue weighted by atomic mass is 35.5. The van der Waals surface area contributed by atoms with Crippen LogP contribution in [0, 0.1) is 11.3 Å². The van der Waals surface area contributed by atoms with E-state index in [0.29, 0.717) is 27.8 Å². The summed E-state index contributed by atoms with van der Waals surface area (Å²) in [6, 6.07) is 9.98. The van der Waals surface area contributed by atoms with Crippen molar-refractivity contribution < 1.29 is 24.0 Å². The summed E-state index contributed by atoms with van der Waals surface area (Å²) in [4.78, 5) is 75.6. The monoisotopic (exact) mass is 658 g/mol. The summed E-state index contributed by atoms with van der Waals surface area (Å²) in [5, 5.41) is 26.9. The Morgan fingerprint density at radius 3 is 2.02 bits per heavy atom. The van der Waals surface area contributed by atoms with Gasteiger partial charge in [-0.15, -0.1) is 20.4 Å². The molecule has 4 heterocycles. The van der Waals surface area contributed by atoms with E-state index in [2.05, 4.69) is 51.7 Å². The average molecular weight is 659 g/mol. The maximum absolute atomic E-state index is 13.9. The van der Waals surface area contributed by atoms with Gasteiger partial charge in [0.25, 0.3) is 0 Å². The van der Waals surface area contributed by atoms with Crippen molar-refractivity contribution in [1.82, 2.24) is 10.6 Å². The fourth-order valence-corrected chi connectivity index (χ4v) is 6.18. The van der Waals surface area contributed by atoms with Crippen LogP contribution in [0.25, 0.3) is 0 Å². The quantitative estimate of drug-likeness (QED) is 0.373. The molecule has 17 heteroatoms. The van der Waals surface area contributed by atoms with Gasteiger partial charge in [0, 0.05) is 27.8 Å². The van der Waals surface area contributed by atoms with Crippen LogP contribution in [0.5, 0.6) is 0 Å². The van der Waals surface area contributed by atoms with Gasteiger partial charge in [-0.3, -0.25) is 30.0 Å². The highest BCUT2D eigenvalue weighted by Gasteiger charge is 2.63. The van der Waals surface area contributed by atoms with Gasteiger partial charge in [0.15, 0.2) is 34.9 Å². The summed E-state index contributed by atoms with van der Waals surface area (Å²) in [5.74, 6) is -3.14. The number of amides is 4. The molecule has 15 nitrogen and oxygen atoms in total. The Labute approximate surface area is 269 Å². The third-order valence-electron chi connectivity index (χ3n) is 8.00. The third kappa shape index (κ3) is 4.89. The molecular weight excluding hydrogens is 639 g/mol. The number of carbonyl (C=O) groups excluding carboxylic acids is 5. The molecule has 2 aromatic rings. The van der Waals surface area contributed by atoms with Crippen molar-refractivity contribution >= 4 is 87.2 Å². The van der Waals surface area contributed by atoms with Crippen molar-refractivity contribution in [3.8, 4) is 0 Å². The Bertz CT molecular complexity index is 1950. The van der Waals surface area contributed by atoms with Gasteiger partial charge in [-0.2, -0.15) is 0 Å². The first-order valence-corrected chi connectivity index (χ1v) is 14.7. The molecule has 5 aliphatic rings. The second-order valence-electron chi connectivity index (χ2n) is 10.8. The predicted molar refractivity (Wildman–Crippen MR) is 167 cm³/mol. The molecule has 0 aromatic heterocycles. The fourth-order valence-electron chi connectivity index (χ4n) is 5.93. The number of hydrogen-bond donors (Lipinski definition) is 4. The van der Waals surface area contributed by atoms with Gasteiger partial charge in [0.1, 0.15) is 34.4 Å². The molecule has 1 fully saturated rings. The van der Waals surface area contributed by atoms with E-state index in [0.717, 1.165) is 0 Å². The summed E-state index contributed by atoms with van der Waals surface area (Å²) in [7, 11) is 0. The molecule has 4 N–H and O–H groups in total. The van der Waals surface area contributed by atoms with E-state index in [9.17, 15) is 24.0 Å². The van der Waals surface area contributed by atoms with Crippen LogP contribution < -0.4 is 21.3 Å². The molecule has 0 bridgehead atoms. The molecule has 4 aliphatic heterocycles. The number of aliphatic imine (C=N–C) groups is 2. The van der Waals surface area contributed by atoms with Crippen LogP contribution in [-0.4, -0.2) is 58.7 Å². The molecule has 1 saturated carbocycles. The maximum atomic E-state index is 13.9. The summed E-state index contributed by atoms with van der Waals surface area (Å²) in [5.41, 5.74) is -1.08. The maximum Gasteiger partial charge on any atom is 0.324 e. The third-order valence-corrected chi connectivity index (χ3v) is 8.51. The topological polar surface area (TPSA) is 208 Å². The van der Waals surface area contributed by atoms with Gasteiger partial charge in [-0.25, -0.2) is 14.6 Å². The van der Waals surface area contributed by atoms with Gasteiger partial charge in [0.2, 0.25) is 0 Å². The molecule has 46 heavy (non-hydrogen) atoms. The molecular formula is C29H20Cl2N10O5. The number of nitrogens with zero attached hydrogens (tertiary/aromatic N) is 6. The SMILES string of the molecule is O=C(NC1=NN=C2N=C([C@]3([C@@H]4N=C5N=NC(NC(=O)Nc6ccc(Cl)cc6)=C5C4=O)CCCC3=O)C(=O)[C@H]21)Nc1ccc(Cl)cc1. The summed E-state index contributed by atoms with van der Waals surface area (Å²) in [6.07, 6.45) is 0.593. The zero-order valence-corrected chi connectivity index (χ0v) is 24.9. The number of fused-ring (bicyclic) bond motifs is 2. The van der Waals surface area contributed by atoms with Crippen molar-refractivity contribution in [2.45, 2.75) is 25.3 Å². The van der Waals surface area contributed by atoms with Crippen LogP contribution in [0.3, 0.4) is 0 Å². The van der Waals surface area contributed by atoms with Gasteiger partial charge < -0.3 is 10.6 Å². The molecule has 0 spiro atoms. The van der Waals surface area contributed by atoms with Crippen LogP contribution in [0.4, 0.5) is 21.0 Å². The Morgan fingerprint density at radius 2 is 1.41 bits per heavy atom. The number of nitrogens with one attached hydrogen (secondary N) is 4. The Kier molecular flexibility index (Phi) is 7.13. The van der Waals surface area contributed by atoms with Gasteiger partial charge >= 0.3 is 12.1 Å². The van der Waals surface area contributed by atoms with Crippen LogP contribution in [0.1, 0.15) is 19.3 Å². The number of rotatable bonds is 5. The number of amidine groups is 3. The number of anilines is 2. The van der Waals surface area contributed by atoms with E-state index in [1.165, 1.54) is 0 Å². The molecule has 0 saturated heterocycles. The van der Waals surface area contributed by atoms with E-state index in [1.807, 2.05) is 0 Å². The lowest BCUT2D eigenvalue weighted by atomic mass is 9.70. The zero-order chi connectivity index (χ0) is 32.2. The van der Waals surface area contributed by atoms with Gasteiger partial charge in [-0.1, -0.05) is 23.2 Å². The van der Waals surface area contributed by atoms with E-state index in [4.69, 9.17) is 23.2 Å². The number of benzene rings is 2. The summed E-state index contributed by atoms with van der Waals surface area (Å²) >= 11 is 11.8. The molecule has 7 rings (SSSR count). The van der Waals surface area contributed by atoms with Crippen molar-refractivity contribution in [3.63, 3.8) is 0 Å².